The molecule has 3 rings (SSSR count). The monoisotopic (exact) mass is 292 g/mol. The Morgan fingerprint density at radius 3 is 2.86 bits per heavy atom. The van der Waals surface area contributed by atoms with Gasteiger partial charge in [-0.1, -0.05) is 6.07 Å². The summed E-state index contributed by atoms with van der Waals surface area (Å²) < 4.78 is 11.0. The summed E-state index contributed by atoms with van der Waals surface area (Å²) in [7, 11) is 0. The number of aliphatic hydroxyl groups is 1. The van der Waals surface area contributed by atoms with E-state index in [0.29, 0.717) is 31.9 Å². The van der Waals surface area contributed by atoms with Crippen molar-refractivity contribution < 1.29 is 19.4 Å². The zero-order chi connectivity index (χ0) is 14.8. The third-order valence-corrected chi connectivity index (χ3v) is 3.85. The van der Waals surface area contributed by atoms with Crippen LogP contribution in [0.15, 0.2) is 18.2 Å². The van der Waals surface area contributed by atoms with E-state index in [1.807, 2.05) is 25.1 Å². The normalized spacial score (nSPS) is 25.4. The van der Waals surface area contributed by atoms with Crippen molar-refractivity contribution in [1.29, 1.82) is 0 Å². The van der Waals surface area contributed by atoms with Crippen molar-refractivity contribution in [3.8, 4) is 11.5 Å². The maximum Gasteiger partial charge on any atom is 0.237 e. The molecule has 114 valence electrons. The molecule has 0 radical (unpaired) electrons. The average molecular weight is 292 g/mol. The molecule has 1 fully saturated rings. The number of rotatable bonds is 3. The first-order valence-electron chi connectivity index (χ1n) is 7.25. The minimum atomic E-state index is -0.439. The van der Waals surface area contributed by atoms with Crippen LogP contribution in [-0.2, 0) is 4.79 Å². The van der Waals surface area contributed by atoms with Gasteiger partial charge in [-0.05, 0) is 31.0 Å². The molecular formula is C15H20N2O4. The summed E-state index contributed by atoms with van der Waals surface area (Å²) in [6.07, 6.45) is 0.0185. The number of hydrogen-bond donors (Lipinski definition) is 3. The van der Waals surface area contributed by atoms with Crippen molar-refractivity contribution >= 4 is 5.91 Å². The minimum Gasteiger partial charge on any atom is -0.486 e. The lowest BCUT2D eigenvalue weighted by Gasteiger charge is -2.22. The molecule has 1 saturated heterocycles. The number of ether oxygens (including phenoxy) is 2. The van der Waals surface area contributed by atoms with Crippen LogP contribution >= 0.6 is 0 Å². The van der Waals surface area contributed by atoms with Crippen LogP contribution in [0.1, 0.15) is 24.9 Å². The van der Waals surface area contributed by atoms with Crippen LogP contribution in [0, 0.1) is 0 Å². The van der Waals surface area contributed by atoms with Crippen molar-refractivity contribution in [1.82, 2.24) is 10.6 Å². The standard InChI is InChI=1S/C15H20N2O4/c1-9(17-15(19)12-7-11(18)8-16-12)10-2-3-13-14(6-10)21-5-4-20-13/h2-3,6,9,11-12,16,18H,4-5,7-8H2,1H3,(H,17,19)/t9-,11-,12-/m0/s1. The van der Waals surface area contributed by atoms with Gasteiger partial charge in [0.15, 0.2) is 11.5 Å². The number of hydrogen-bond acceptors (Lipinski definition) is 5. The van der Waals surface area contributed by atoms with Crippen molar-refractivity contribution in [2.24, 2.45) is 0 Å². The zero-order valence-corrected chi connectivity index (χ0v) is 12.0. The lowest BCUT2D eigenvalue weighted by atomic mass is 10.1. The molecule has 0 unspecified atom stereocenters. The van der Waals surface area contributed by atoms with Crippen LogP contribution in [0.3, 0.4) is 0 Å². The maximum atomic E-state index is 12.1. The molecule has 3 N–H and O–H groups in total. The van der Waals surface area contributed by atoms with Crippen LogP contribution in [-0.4, -0.2) is 42.9 Å². The topological polar surface area (TPSA) is 79.8 Å². The fourth-order valence-corrected chi connectivity index (χ4v) is 2.64. The third-order valence-electron chi connectivity index (χ3n) is 3.85. The van der Waals surface area contributed by atoms with E-state index in [1.54, 1.807) is 0 Å². The van der Waals surface area contributed by atoms with E-state index in [1.165, 1.54) is 0 Å². The Balaban J connectivity index is 1.65. The second kappa shape index (κ2) is 5.91. The first-order valence-corrected chi connectivity index (χ1v) is 7.25. The van der Waals surface area contributed by atoms with Gasteiger partial charge in [0.25, 0.3) is 0 Å². The van der Waals surface area contributed by atoms with Gasteiger partial charge >= 0.3 is 0 Å². The quantitative estimate of drug-likeness (QED) is 0.749. The second-order valence-electron chi connectivity index (χ2n) is 5.48. The van der Waals surface area contributed by atoms with Crippen LogP contribution in [0.5, 0.6) is 11.5 Å². The lowest BCUT2D eigenvalue weighted by molar-refractivity contribution is -0.123. The minimum absolute atomic E-state index is 0.0889. The zero-order valence-electron chi connectivity index (χ0n) is 12.0. The number of carbonyl (C=O) groups excluding carboxylic acids is 1. The summed E-state index contributed by atoms with van der Waals surface area (Å²) in [6, 6.07) is 5.24. The molecule has 2 aliphatic heterocycles. The van der Waals surface area contributed by atoms with Crippen molar-refractivity contribution in [3.63, 3.8) is 0 Å². The van der Waals surface area contributed by atoms with Gasteiger partial charge < -0.3 is 25.2 Å². The summed E-state index contributed by atoms with van der Waals surface area (Å²) in [4.78, 5) is 12.1. The van der Waals surface area contributed by atoms with E-state index < -0.39 is 6.10 Å². The highest BCUT2D eigenvalue weighted by atomic mass is 16.6. The van der Waals surface area contributed by atoms with Gasteiger partial charge in [-0.2, -0.15) is 0 Å². The van der Waals surface area contributed by atoms with Crippen molar-refractivity contribution in [2.45, 2.75) is 31.5 Å². The fourth-order valence-electron chi connectivity index (χ4n) is 2.64. The number of carbonyl (C=O) groups is 1. The molecule has 0 aliphatic carbocycles. The highest BCUT2D eigenvalue weighted by Crippen LogP contribution is 2.32. The number of β-amino-alcohol motifs (C(OH)–C–C–N with tert-alkyl or cyclic N) is 1. The predicted molar refractivity (Wildman–Crippen MR) is 76.4 cm³/mol. The van der Waals surface area contributed by atoms with Crippen LogP contribution in [0.25, 0.3) is 0 Å². The molecule has 2 aliphatic rings. The molecule has 6 heteroatoms. The van der Waals surface area contributed by atoms with E-state index in [2.05, 4.69) is 10.6 Å². The Labute approximate surface area is 123 Å². The van der Waals surface area contributed by atoms with Crippen molar-refractivity contribution in [2.75, 3.05) is 19.8 Å². The van der Waals surface area contributed by atoms with E-state index >= 15 is 0 Å². The molecule has 0 aromatic heterocycles. The summed E-state index contributed by atoms with van der Waals surface area (Å²) in [5, 5.41) is 15.4. The summed E-state index contributed by atoms with van der Waals surface area (Å²) >= 11 is 0. The van der Waals surface area contributed by atoms with Crippen LogP contribution in [0.4, 0.5) is 0 Å². The highest BCUT2D eigenvalue weighted by molar-refractivity contribution is 5.82. The molecule has 0 spiro atoms. The summed E-state index contributed by atoms with van der Waals surface area (Å²) in [5.74, 6) is 1.37. The molecule has 3 atom stereocenters. The number of fused-ring (bicyclic) bond motifs is 1. The molecule has 2 heterocycles. The Hall–Kier alpha value is -1.79. The predicted octanol–water partition coefficient (Wildman–Crippen LogP) is 0.358. The molecular weight excluding hydrogens is 272 g/mol. The second-order valence-corrected chi connectivity index (χ2v) is 5.48. The molecule has 1 aromatic rings. The summed E-state index contributed by atoms with van der Waals surface area (Å²) in [5.41, 5.74) is 0.964. The van der Waals surface area contributed by atoms with E-state index in [9.17, 15) is 9.90 Å². The molecule has 6 nitrogen and oxygen atoms in total. The SMILES string of the molecule is C[C@H](NC(=O)[C@@H]1C[C@H](O)CN1)c1ccc2c(c1)OCCO2. The fraction of sp³-hybridized carbons (Fsp3) is 0.533. The van der Waals surface area contributed by atoms with Gasteiger partial charge in [0.1, 0.15) is 13.2 Å². The maximum absolute atomic E-state index is 12.1. The van der Waals surface area contributed by atoms with Gasteiger partial charge in [-0.15, -0.1) is 0 Å². The van der Waals surface area contributed by atoms with Gasteiger partial charge in [-0.25, -0.2) is 0 Å². The number of nitrogens with one attached hydrogen (secondary N) is 2. The molecule has 0 bridgehead atoms. The number of amides is 1. The first-order chi connectivity index (χ1) is 10.1. The van der Waals surface area contributed by atoms with Gasteiger partial charge in [0.2, 0.25) is 5.91 Å². The van der Waals surface area contributed by atoms with Crippen LogP contribution < -0.4 is 20.1 Å². The van der Waals surface area contributed by atoms with Gasteiger partial charge in [0.05, 0.1) is 18.2 Å². The lowest BCUT2D eigenvalue weighted by Crippen LogP contribution is -2.41. The molecule has 1 amide bonds. The van der Waals surface area contributed by atoms with E-state index in [4.69, 9.17) is 9.47 Å². The van der Waals surface area contributed by atoms with E-state index in [0.717, 1.165) is 11.3 Å². The third kappa shape index (κ3) is 3.11. The Morgan fingerprint density at radius 2 is 2.14 bits per heavy atom. The van der Waals surface area contributed by atoms with Crippen molar-refractivity contribution in [3.05, 3.63) is 23.8 Å². The van der Waals surface area contributed by atoms with Gasteiger partial charge in [0, 0.05) is 6.54 Å². The van der Waals surface area contributed by atoms with E-state index in [-0.39, 0.29) is 18.0 Å². The Bertz CT molecular complexity index is 534. The van der Waals surface area contributed by atoms with Crippen LogP contribution in [0.2, 0.25) is 0 Å². The molecule has 0 saturated carbocycles. The number of aliphatic hydroxyl groups excluding tert-OH is 1. The average Bonchev–Trinajstić information content (AvgIpc) is 2.93. The first kappa shape index (κ1) is 14.2. The Morgan fingerprint density at radius 1 is 1.38 bits per heavy atom. The summed E-state index contributed by atoms with van der Waals surface area (Å²) in [6.45, 7) is 3.50. The smallest absolute Gasteiger partial charge is 0.237 e. The highest BCUT2D eigenvalue weighted by Gasteiger charge is 2.29. The Kier molecular flexibility index (Phi) is 3.98. The molecule has 21 heavy (non-hydrogen) atoms. The largest absolute Gasteiger partial charge is 0.486 e. The van der Waals surface area contributed by atoms with Gasteiger partial charge in [-0.3, -0.25) is 4.79 Å². The number of benzene rings is 1. The molecule has 1 aromatic carbocycles.